The van der Waals surface area contributed by atoms with Crippen molar-refractivity contribution in [3.8, 4) is 0 Å². The van der Waals surface area contributed by atoms with Crippen molar-refractivity contribution in [2.24, 2.45) is 11.8 Å². The zero-order valence-electron chi connectivity index (χ0n) is 64.8. The molecule has 5 atom stereocenters. The molecule has 0 bridgehead atoms. The summed E-state index contributed by atoms with van der Waals surface area (Å²) >= 11 is 0. The Kier molecular flexibility index (Phi) is 70.3. The van der Waals surface area contributed by atoms with Crippen molar-refractivity contribution in [3.63, 3.8) is 0 Å². The third-order valence-electron chi connectivity index (χ3n) is 18.7. The Morgan fingerprint density at radius 2 is 0.465 bits per heavy atom. The lowest BCUT2D eigenvalue weighted by Gasteiger charge is -2.21. The van der Waals surface area contributed by atoms with Crippen LogP contribution in [0.25, 0.3) is 0 Å². The second kappa shape index (κ2) is 71.7. The van der Waals surface area contributed by atoms with Gasteiger partial charge in [0.1, 0.15) is 19.3 Å². The lowest BCUT2D eigenvalue weighted by Crippen LogP contribution is -2.30. The monoisotopic (exact) mass is 1450 g/mol. The Morgan fingerprint density at radius 3 is 0.687 bits per heavy atom. The summed E-state index contributed by atoms with van der Waals surface area (Å²) in [5.41, 5.74) is 0. The lowest BCUT2D eigenvalue weighted by atomic mass is 10.0. The van der Waals surface area contributed by atoms with E-state index in [0.717, 1.165) is 115 Å². The molecule has 0 rings (SSSR count). The predicted octanol–water partition coefficient (Wildman–Crippen LogP) is 23.9. The zero-order chi connectivity index (χ0) is 72.8. The maximum atomic E-state index is 13.1. The van der Waals surface area contributed by atoms with Gasteiger partial charge in [0.25, 0.3) is 0 Å². The van der Waals surface area contributed by atoms with Crippen molar-refractivity contribution < 1.29 is 80.2 Å². The van der Waals surface area contributed by atoms with E-state index in [-0.39, 0.29) is 25.7 Å². The molecule has 0 spiro atoms. The molecular weight excluding hydrogens is 1290 g/mol. The number of carbonyl (C=O) groups is 4. The standard InChI is InChI=1S/C80H156O17P2/c1-7-9-11-13-15-16-17-18-29-35-40-46-52-58-64-79(84)96-75(68-90-77(82)62-56-50-42-14-12-10-8-2)70-94-98(86,87)92-66-74(81)67-93-99(88,89)95-71-76(97-80(85)65-59-53-47-41-36-31-26-22-20-24-28-33-38-44-49-55-61-73(5)6)69-91-78(83)63-57-51-45-39-34-30-25-21-19-23-27-32-37-43-48-54-60-72(3)4/h72-76,81H,7-71H2,1-6H3,(H,86,87)(H,88,89)/t74-,75+,76+/m0/s1. The van der Waals surface area contributed by atoms with Gasteiger partial charge in [-0.3, -0.25) is 37.3 Å². The van der Waals surface area contributed by atoms with Crippen molar-refractivity contribution >= 4 is 39.5 Å². The SMILES string of the molecule is CCCCCCCCCCCCCCCCC(=O)O[C@H](COC(=O)CCCCCCCCC)COP(=O)(O)OC[C@H](O)COP(=O)(O)OC[C@@H](COC(=O)CCCCCCCCCCCCCCCCCCC(C)C)OC(=O)CCCCCCCCCCCCCCCCCCC(C)C. The smallest absolute Gasteiger partial charge is 0.462 e. The van der Waals surface area contributed by atoms with Crippen molar-refractivity contribution in [2.75, 3.05) is 39.6 Å². The normalized spacial score (nSPS) is 13.9. The maximum Gasteiger partial charge on any atom is 0.472 e. The minimum Gasteiger partial charge on any atom is -0.462 e. The van der Waals surface area contributed by atoms with Gasteiger partial charge in [-0.05, 0) is 37.5 Å². The first-order valence-electron chi connectivity index (χ1n) is 41.5. The van der Waals surface area contributed by atoms with Crippen LogP contribution in [0.4, 0.5) is 0 Å². The fourth-order valence-electron chi connectivity index (χ4n) is 12.4. The number of hydrogen-bond donors (Lipinski definition) is 3. The number of rotatable bonds is 79. The van der Waals surface area contributed by atoms with Gasteiger partial charge in [0.15, 0.2) is 12.2 Å². The molecule has 0 fully saturated rings. The molecule has 0 heterocycles. The van der Waals surface area contributed by atoms with E-state index >= 15 is 0 Å². The van der Waals surface area contributed by atoms with Gasteiger partial charge in [-0.1, -0.05) is 369 Å². The van der Waals surface area contributed by atoms with Gasteiger partial charge in [-0.25, -0.2) is 9.13 Å². The lowest BCUT2D eigenvalue weighted by molar-refractivity contribution is -0.161. The Bertz CT molecular complexity index is 1910. The molecule has 0 aromatic carbocycles. The molecule has 0 aromatic heterocycles. The summed E-state index contributed by atoms with van der Waals surface area (Å²) < 4.78 is 68.6. The van der Waals surface area contributed by atoms with Gasteiger partial charge >= 0.3 is 39.5 Å². The molecule has 2 unspecified atom stereocenters. The van der Waals surface area contributed by atoms with Crippen LogP contribution in [0.3, 0.4) is 0 Å². The van der Waals surface area contributed by atoms with E-state index in [1.54, 1.807) is 0 Å². The van der Waals surface area contributed by atoms with Crippen LogP contribution in [-0.4, -0.2) is 96.7 Å². The van der Waals surface area contributed by atoms with E-state index in [2.05, 4.69) is 41.5 Å². The van der Waals surface area contributed by atoms with Crippen LogP contribution in [0.15, 0.2) is 0 Å². The summed E-state index contributed by atoms with van der Waals surface area (Å²) in [5, 5.41) is 10.6. The van der Waals surface area contributed by atoms with E-state index in [4.69, 9.17) is 37.0 Å². The second-order valence-corrected chi connectivity index (χ2v) is 32.7. The zero-order valence-corrected chi connectivity index (χ0v) is 66.6. The van der Waals surface area contributed by atoms with Crippen LogP contribution in [-0.2, 0) is 65.4 Å². The van der Waals surface area contributed by atoms with Gasteiger partial charge in [0, 0.05) is 25.7 Å². The van der Waals surface area contributed by atoms with Crippen LogP contribution in [0, 0.1) is 11.8 Å². The number of ether oxygens (including phenoxy) is 4. The molecule has 0 aromatic rings. The molecule has 0 amide bonds. The minimum atomic E-state index is -4.96. The van der Waals surface area contributed by atoms with E-state index in [9.17, 15) is 43.2 Å². The van der Waals surface area contributed by atoms with Crippen LogP contribution in [0.5, 0.6) is 0 Å². The van der Waals surface area contributed by atoms with Gasteiger partial charge in [0.05, 0.1) is 26.4 Å². The van der Waals surface area contributed by atoms with E-state index in [1.165, 1.54) is 225 Å². The number of hydrogen-bond acceptors (Lipinski definition) is 15. The Hall–Kier alpha value is -1.94. The fourth-order valence-corrected chi connectivity index (χ4v) is 13.9. The maximum absolute atomic E-state index is 13.1. The number of phosphoric acid groups is 2. The third-order valence-corrected chi connectivity index (χ3v) is 20.6. The largest absolute Gasteiger partial charge is 0.472 e. The number of unbranched alkanes of at least 4 members (excludes halogenated alkanes) is 49. The molecule has 0 saturated heterocycles. The topological polar surface area (TPSA) is 237 Å². The highest BCUT2D eigenvalue weighted by Gasteiger charge is 2.30. The average Bonchev–Trinajstić information content (AvgIpc) is 1.03. The summed E-state index contributed by atoms with van der Waals surface area (Å²) in [5.74, 6) is -0.492. The third kappa shape index (κ3) is 74.1. The molecule has 99 heavy (non-hydrogen) atoms. The summed E-state index contributed by atoms with van der Waals surface area (Å²) in [6.07, 6.45) is 61.2. The van der Waals surface area contributed by atoms with Crippen LogP contribution in [0.2, 0.25) is 0 Å². The number of carbonyl (C=O) groups excluding carboxylic acids is 4. The first kappa shape index (κ1) is 97.1. The number of aliphatic hydroxyl groups is 1. The van der Waals surface area contributed by atoms with Crippen molar-refractivity contribution in [2.45, 2.75) is 439 Å². The molecule has 0 radical (unpaired) electrons. The van der Waals surface area contributed by atoms with Gasteiger partial charge in [-0.15, -0.1) is 0 Å². The second-order valence-electron chi connectivity index (χ2n) is 29.8. The summed E-state index contributed by atoms with van der Waals surface area (Å²) in [7, 11) is -9.91. The van der Waals surface area contributed by atoms with Crippen molar-refractivity contribution in [1.29, 1.82) is 0 Å². The number of phosphoric ester groups is 2. The highest BCUT2D eigenvalue weighted by Crippen LogP contribution is 2.45. The first-order chi connectivity index (χ1) is 47.9. The highest BCUT2D eigenvalue weighted by molar-refractivity contribution is 7.47. The van der Waals surface area contributed by atoms with E-state index in [1.807, 2.05) is 0 Å². The quantitative estimate of drug-likeness (QED) is 0.0222. The van der Waals surface area contributed by atoms with Crippen LogP contribution < -0.4 is 0 Å². The molecule has 0 aliphatic heterocycles. The van der Waals surface area contributed by atoms with Crippen molar-refractivity contribution in [1.82, 2.24) is 0 Å². The van der Waals surface area contributed by atoms with Gasteiger partial charge in [-0.2, -0.15) is 0 Å². The van der Waals surface area contributed by atoms with Gasteiger partial charge in [0.2, 0.25) is 0 Å². The average molecular weight is 1450 g/mol. The highest BCUT2D eigenvalue weighted by atomic mass is 31.2. The van der Waals surface area contributed by atoms with Crippen molar-refractivity contribution in [3.05, 3.63) is 0 Å². The summed E-state index contributed by atoms with van der Waals surface area (Å²) in [4.78, 5) is 72.8. The van der Waals surface area contributed by atoms with Crippen LogP contribution in [0.1, 0.15) is 420 Å². The summed E-state index contributed by atoms with van der Waals surface area (Å²) in [6, 6.07) is 0. The Labute approximate surface area is 607 Å². The van der Waals surface area contributed by atoms with Crippen LogP contribution >= 0.6 is 15.6 Å². The molecule has 17 nitrogen and oxygen atoms in total. The Morgan fingerprint density at radius 1 is 0.273 bits per heavy atom. The van der Waals surface area contributed by atoms with E-state index < -0.39 is 97.5 Å². The molecule has 588 valence electrons. The molecule has 0 aliphatic rings. The predicted molar refractivity (Wildman–Crippen MR) is 405 cm³/mol. The number of esters is 4. The van der Waals surface area contributed by atoms with E-state index in [0.29, 0.717) is 25.7 Å². The Balaban J connectivity index is 5.18. The minimum absolute atomic E-state index is 0.108. The molecule has 0 aliphatic carbocycles. The summed E-state index contributed by atoms with van der Waals surface area (Å²) in [6.45, 7) is 9.65. The first-order valence-corrected chi connectivity index (χ1v) is 44.5. The molecular formula is C80H156O17P2. The molecule has 19 heteroatoms. The molecule has 0 saturated carbocycles. The fraction of sp³-hybridized carbons (Fsp3) is 0.950. The number of aliphatic hydroxyl groups excluding tert-OH is 1. The van der Waals surface area contributed by atoms with Gasteiger partial charge < -0.3 is 33.8 Å². The molecule has 3 N–H and O–H groups in total.